The first kappa shape index (κ1) is 13.1. The number of hydrogen-bond donors (Lipinski definition) is 0. The minimum atomic E-state index is -0.245. The van der Waals surface area contributed by atoms with Crippen molar-refractivity contribution in [2.45, 2.75) is 19.2 Å². The number of aryl methyl sites for hydroxylation is 2. The first-order valence-electron chi connectivity index (χ1n) is 5.69. The Bertz CT molecular complexity index is 566. The van der Waals surface area contributed by atoms with Gasteiger partial charge in [0.05, 0.1) is 0 Å². The third-order valence-electron chi connectivity index (χ3n) is 2.82. The van der Waals surface area contributed by atoms with Crippen LogP contribution in [0.3, 0.4) is 0 Å². The van der Waals surface area contributed by atoms with Crippen LogP contribution < -0.4 is 4.74 Å². The van der Waals surface area contributed by atoms with Gasteiger partial charge in [-0.05, 0) is 60.9 Å². The van der Waals surface area contributed by atoms with E-state index in [1.54, 1.807) is 6.07 Å². The molecule has 0 N–H and O–H groups in total. The molecular formula is C15H14BrFO. The van der Waals surface area contributed by atoms with Crippen molar-refractivity contribution >= 4 is 15.9 Å². The zero-order valence-electron chi connectivity index (χ0n) is 10.3. The Hall–Kier alpha value is -1.35. The number of hydrogen-bond acceptors (Lipinski definition) is 1. The van der Waals surface area contributed by atoms with Crippen molar-refractivity contribution in [3.05, 3.63) is 58.9 Å². The first-order chi connectivity index (χ1) is 8.60. The van der Waals surface area contributed by atoms with Crippen LogP contribution in [0.4, 0.5) is 4.39 Å². The standard InChI is InChI=1S/C15H14BrFO/c1-10-8-14(5-3-12(10)9-16)18-15-6-4-13(17)7-11(15)2/h3-8H,9H2,1-2H3. The number of halogens is 2. The molecular weight excluding hydrogens is 295 g/mol. The third-order valence-corrected chi connectivity index (χ3v) is 3.43. The van der Waals surface area contributed by atoms with Gasteiger partial charge in [0.1, 0.15) is 17.3 Å². The van der Waals surface area contributed by atoms with Crippen molar-refractivity contribution < 1.29 is 9.13 Å². The highest BCUT2D eigenvalue weighted by Crippen LogP contribution is 2.27. The summed E-state index contributed by atoms with van der Waals surface area (Å²) in [5.41, 5.74) is 3.19. The summed E-state index contributed by atoms with van der Waals surface area (Å²) in [6.07, 6.45) is 0. The van der Waals surface area contributed by atoms with Crippen LogP contribution in [0.15, 0.2) is 36.4 Å². The Morgan fingerprint density at radius 2 is 1.83 bits per heavy atom. The van der Waals surface area contributed by atoms with E-state index in [0.717, 1.165) is 16.6 Å². The lowest BCUT2D eigenvalue weighted by atomic mass is 10.1. The number of rotatable bonds is 3. The van der Waals surface area contributed by atoms with Gasteiger partial charge in [0, 0.05) is 5.33 Å². The zero-order chi connectivity index (χ0) is 13.1. The van der Waals surface area contributed by atoms with Gasteiger partial charge in [-0.2, -0.15) is 0 Å². The van der Waals surface area contributed by atoms with Crippen molar-refractivity contribution in [3.8, 4) is 11.5 Å². The molecule has 0 aliphatic heterocycles. The van der Waals surface area contributed by atoms with Crippen LogP contribution >= 0.6 is 15.9 Å². The predicted molar refractivity (Wildman–Crippen MR) is 75.0 cm³/mol. The molecule has 3 heteroatoms. The average molecular weight is 309 g/mol. The van der Waals surface area contributed by atoms with E-state index < -0.39 is 0 Å². The molecule has 2 aromatic rings. The highest BCUT2D eigenvalue weighted by Gasteiger charge is 2.04. The molecule has 2 aromatic carbocycles. The van der Waals surface area contributed by atoms with E-state index in [0.29, 0.717) is 5.75 Å². The lowest BCUT2D eigenvalue weighted by molar-refractivity contribution is 0.476. The Labute approximate surface area is 115 Å². The highest BCUT2D eigenvalue weighted by atomic mass is 79.9. The molecule has 0 aliphatic rings. The van der Waals surface area contributed by atoms with Crippen LogP contribution in [0.1, 0.15) is 16.7 Å². The van der Waals surface area contributed by atoms with E-state index in [2.05, 4.69) is 15.9 Å². The normalized spacial score (nSPS) is 10.4. The molecule has 0 spiro atoms. The lowest BCUT2D eigenvalue weighted by Gasteiger charge is -2.10. The second-order valence-corrected chi connectivity index (χ2v) is 4.79. The van der Waals surface area contributed by atoms with Crippen LogP contribution in [-0.4, -0.2) is 0 Å². The fraction of sp³-hybridized carbons (Fsp3) is 0.200. The summed E-state index contributed by atoms with van der Waals surface area (Å²) in [6, 6.07) is 10.5. The Kier molecular flexibility index (Phi) is 4.02. The van der Waals surface area contributed by atoms with Crippen molar-refractivity contribution in [3.63, 3.8) is 0 Å². The van der Waals surface area contributed by atoms with E-state index in [1.807, 2.05) is 32.0 Å². The quantitative estimate of drug-likeness (QED) is 0.714. The van der Waals surface area contributed by atoms with Gasteiger partial charge in [-0.25, -0.2) is 4.39 Å². The summed E-state index contributed by atoms with van der Waals surface area (Å²) in [6.45, 7) is 3.87. The van der Waals surface area contributed by atoms with Gasteiger partial charge in [-0.15, -0.1) is 0 Å². The van der Waals surface area contributed by atoms with Crippen molar-refractivity contribution in [1.29, 1.82) is 0 Å². The molecule has 0 bridgehead atoms. The fourth-order valence-corrected chi connectivity index (χ4v) is 2.37. The predicted octanol–water partition coefficient (Wildman–Crippen LogP) is 5.13. The summed E-state index contributed by atoms with van der Waals surface area (Å²) in [5, 5.41) is 0.828. The molecule has 0 saturated carbocycles. The van der Waals surface area contributed by atoms with Crippen LogP contribution in [0, 0.1) is 19.7 Å². The first-order valence-corrected chi connectivity index (χ1v) is 6.82. The topological polar surface area (TPSA) is 9.23 Å². The SMILES string of the molecule is Cc1cc(Oc2ccc(F)cc2C)ccc1CBr. The molecule has 0 atom stereocenters. The van der Waals surface area contributed by atoms with E-state index in [1.165, 1.54) is 23.3 Å². The Balaban J connectivity index is 2.26. The van der Waals surface area contributed by atoms with Gasteiger partial charge in [0.25, 0.3) is 0 Å². The lowest BCUT2D eigenvalue weighted by Crippen LogP contribution is -1.91. The summed E-state index contributed by atoms with van der Waals surface area (Å²) in [7, 11) is 0. The third kappa shape index (κ3) is 2.91. The van der Waals surface area contributed by atoms with Crippen LogP contribution in [-0.2, 0) is 5.33 Å². The Morgan fingerprint density at radius 1 is 1.06 bits per heavy atom. The van der Waals surface area contributed by atoms with Gasteiger partial charge in [0.2, 0.25) is 0 Å². The molecule has 0 amide bonds. The maximum Gasteiger partial charge on any atom is 0.130 e. The maximum absolute atomic E-state index is 13.0. The van der Waals surface area contributed by atoms with E-state index >= 15 is 0 Å². The van der Waals surface area contributed by atoms with Crippen molar-refractivity contribution in [2.24, 2.45) is 0 Å². The second kappa shape index (κ2) is 5.53. The van der Waals surface area contributed by atoms with Gasteiger partial charge in [-0.3, -0.25) is 0 Å². The van der Waals surface area contributed by atoms with Crippen LogP contribution in [0.25, 0.3) is 0 Å². The minimum absolute atomic E-state index is 0.245. The summed E-state index contributed by atoms with van der Waals surface area (Å²) < 4.78 is 18.8. The summed E-state index contributed by atoms with van der Waals surface area (Å²) in [4.78, 5) is 0. The van der Waals surface area contributed by atoms with Crippen LogP contribution in [0.2, 0.25) is 0 Å². The van der Waals surface area contributed by atoms with E-state index in [-0.39, 0.29) is 5.82 Å². The molecule has 0 aromatic heterocycles. The maximum atomic E-state index is 13.0. The molecule has 94 valence electrons. The fourth-order valence-electron chi connectivity index (χ4n) is 1.74. The van der Waals surface area contributed by atoms with Crippen LogP contribution in [0.5, 0.6) is 11.5 Å². The summed E-state index contributed by atoms with van der Waals surface area (Å²) in [5.74, 6) is 1.21. The number of benzene rings is 2. The van der Waals surface area contributed by atoms with Crippen molar-refractivity contribution in [2.75, 3.05) is 0 Å². The van der Waals surface area contributed by atoms with E-state index in [9.17, 15) is 4.39 Å². The van der Waals surface area contributed by atoms with Gasteiger partial charge in [-0.1, -0.05) is 22.0 Å². The number of alkyl halides is 1. The summed E-state index contributed by atoms with van der Waals surface area (Å²) >= 11 is 3.44. The van der Waals surface area contributed by atoms with Gasteiger partial charge >= 0.3 is 0 Å². The molecule has 0 radical (unpaired) electrons. The van der Waals surface area contributed by atoms with Gasteiger partial charge < -0.3 is 4.74 Å². The molecule has 2 rings (SSSR count). The highest BCUT2D eigenvalue weighted by molar-refractivity contribution is 9.08. The molecule has 0 saturated heterocycles. The molecule has 18 heavy (non-hydrogen) atoms. The second-order valence-electron chi connectivity index (χ2n) is 4.23. The molecule has 1 nitrogen and oxygen atoms in total. The zero-order valence-corrected chi connectivity index (χ0v) is 11.9. The average Bonchev–Trinajstić information content (AvgIpc) is 2.33. The van der Waals surface area contributed by atoms with Crippen molar-refractivity contribution in [1.82, 2.24) is 0 Å². The van der Waals surface area contributed by atoms with E-state index in [4.69, 9.17) is 4.74 Å². The number of ether oxygens (including phenoxy) is 1. The molecule has 0 aliphatic carbocycles. The molecule has 0 fully saturated rings. The molecule has 0 unspecified atom stereocenters. The minimum Gasteiger partial charge on any atom is -0.457 e. The van der Waals surface area contributed by atoms with Gasteiger partial charge in [0.15, 0.2) is 0 Å². The largest absolute Gasteiger partial charge is 0.457 e. The smallest absolute Gasteiger partial charge is 0.130 e. The monoisotopic (exact) mass is 308 g/mol. The molecule has 0 heterocycles. The Morgan fingerprint density at radius 3 is 2.44 bits per heavy atom.